The van der Waals surface area contributed by atoms with Crippen molar-refractivity contribution in [1.82, 2.24) is 9.55 Å². The molecule has 1 aromatic heterocycles. The highest BCUT2D eigenvalue weighted by Gasteiger charge is 2.28. The molecular formula is C15H18ClN3. The van der Waals surface area contributed by atoms with Gasteiger partial charge in [-0.15, -0.1) is 0 Å². The molecule has 1 aliphatic carbocycles. The van der Waals surface area contributed by atoms with Crippen molar-refractivity contribution in [3.63, 3.8) is 0 Å². The number of hydrogen-bond donors (Lipinski definition) is 1. The Kier molecular flexibility index (Phi) is 3.58. The lowest BCUT2D eigenvalue weighted by atomic mass is 10.0. The topological polar surface area (TPSA) is 43.8 Å². The molecule has 0 amide bonds. The average Bonchev–Trinajstić information content (AvgIpc) is 3.07. The Morgan fingerprint density at radius 2 is 2.05 bits per heavy atom. The Bertz CT molecular complexity index is 547. The van der Waals surface area contributed by atoms with Gasteiger partial charge in [-0.25, -0.2) is 4.98 Å². The summed E-state index contributed by atoms with van der Waals surface area (Å²) >= 11 is 5.95. The number of hydrogen-bond acceptors (Lipinski definition) is 2. The molecule has 1 saturated carbocycles. The minimum absolute atomic E-state index is 0.484. The highest BCUT2D eigenvalue weighted by Crippen LogP contribution is 2.37. The summed E-state index contributed by atoms with van der Waals surface area (Å²) in [4.78, 5) is 4.32. The van der Waals surface area contributed by atoms with Gasteiger partial charge in [0.2, 0.25) is 0 Å². The molecule has 1 fully saturated rings. The van der Waals surface area contributed by atoms with Crippen LogP contribution < -0.4 is 5.73 Å². The summed E-state index contributed by atoms with van der Waals surface area (Å²) in [6, 6.07) is 8.41. The molecule has 1 aliphatic rings. The third kappa shape index (κ3) is 2.40. The van der Waals surface area contributed by atoms with Crippen LogP contribution in [0, 0.1) is 5.92 Å². The van der Waals surface area contributed by atoms with Crippen LogP contribution in [0.1, 0.15) is 25.3 Å². The minimum Gasteiger partial charge on any atom is -0.330 e. The number of imidazole rings is 1. The number of nitrogens with two attached hydrogens (primary N) is 1. The Labute approximate surface area is 118 Å². The van der Waals surface area contributed by atoms with Crippen molar-refractivity contribution in [2.75, 3.05) is 6.54 Å². The van der Waals surface area contributed by atoms with Crippen LogP contribution in [0.5, 0.6) is 0 Å². The molecule has 4 heteroatoms. The molecule has 2 N–H and O–H groups in total. The van der Waals surface area contributed by atoms with Gasteiger partial charge in [0.15, 0.2) is 0 Å². The lowest BCUT2D eigenvalue weighted by Gasteiger charge is -2.22. The first-order chi connectivity index (χ1) is 9.29. The molecule has 0 radical (unpaired) electrons. The quantitative estimate of drug-likeness (QED) is 0.932. The predicted octanol–water partition coefficient (Wildman–Crippen LogP) is 3.50. The molecule has 2 atom stereocenters. The third-order valence-corrected chi connectivity index (χ3v) is 4.34. The van der Waals surface area contributed by atoms with Gasteiger partial charge < -0.3 is 10.3 Å². The standard InChI is InChI=1S/C15H18ClN3/c16-13-6-4-11(5-7-13)15-9-18-10-19(15)14-3-1-2-12(14)8-17/h4-7,9-10,12,14H,1-3,8,17H2. The minimum atomic E-state index is 0.484. The van der Waals surface area contributed by atoms with Gasteiger partial charge in [-0.05, 0) is 43.0 Å². The zero-order valence-electron chi connectivity index (χ0n) is 10.8. The molecule has 0 bridgehead atoms. The summed E-state index contributed by atoms with van der Waals surface area (Å²) in [6.45, 7) is 0.753. The van der Waals surface area contributed by atoms with E-state index in [9.17, 15) is 0 Å². The summed E-state index contributed by atoms with van der Waals surface area (Å²) in [6.07, 6.45) is 7.53. The average molecular weight is 276 g/mol. The van der Waals surface area contributed by atoms with Crippen LogP contribution in [0.2, 0.25) is 5.02 Å². The molecule has 100 valence electrons. The molecule has 3 rings (SSSR count). The molecule has 1 aromatic carbocycles. The van der Waals surface area contributed by atoms with E-state index in [-0.39, 0.29) is 0 Å². The third-order valence-electron chi connectivity index (χ3n) is 4.09. The molecule has 0 saturated heterocycles. The Hall–Kier alpha value is -1.32. The van der Waals surface area contributed by atoms with E-state index in [4.69, 9.17) is 17.3 Å². The Morgan fingerprint density at radius 3 is 2.79 bits per heavy atom. The predicted molar refractivity (Wildman–Crippen MR) is 78.1 cm³/mol. The van der Waals surface area contributed by atoms with E-state index in [0.29, 0.717) is 12.0 Å². The van der Waals surface area contributed by atoms with Crippen molar-refractivity contribution in [2.45, 2.75) is 25.3 Å². The van der Waals surface area contributed by atoms with Crippen LogP contribution in [0.4, 0.5) is 0 Å². The molecule has 0 spiro atoms. The van der Waals surface area contributed by atoms with Crippen molar-refractivity contribution in [2.24, 2.45) is 11.7 Å². The number of halogens is 1. The van der Waals surface area contributed by atoms with E-state index >= 15 is 0 Å². The lowest BCUT2D eigenvalue weighted by molar-refractivity contribution is 0.390. The van der Waals surface area contributed by atoms with Gasteiger partial charge in [0.1, 0.15) is 0 Å². The second-order valence-corrected chi connectivity index (χ2v) is 5.62. The highest BCUT2D eigenvalue weighted by molar-refractivity contribution is 6.30. The summed E-state index contributed by atoms with van der Waals surface area (Å²) in [7, 11) is 0. The zero-order chi connectivity index (χ0) is 13.2. The van der Waals surface area contributed by atoms with Crippen LogP contribution in [-0.2, 0) is 0 Å². The van der Waals surface area contributed by atoms with Crippen molar-refractivity contribution in [1.29, 1.82) is 0 Å². The monoisotopic (exact) mass is 275 g/mol. The molecule has 2 aromatic rings. The van der Waals surface area contributed by atoms with E-state index in [0.717, 1.165) is 22.8 Å². The zero-order valence-corrected chi connectivity index (χ0v) is 11.6. The number of rotatable bonds is 3. The van der Waals surface area contributed by atoms with E-state index in [2.05, 4.69) is 9.55 Å². The summed E-state index contributed by atoms with van der Waals surface area (Å²) in [5.41, 5.74) is 8.20. The smallest absolute Gasteiger partial charge is 0.0953 e. The van der Waals surface area contributed by atoms with Crippen LogP contribution in [0.3, 0.4) is 0 Å². The van der Waals surface area contributed by atoms with Gasteiger partial charge in [0, 0.05) is 11.1 Å². The number of aromatic nitrogens is 2. The second-order valence-electron chi connectivity index (χ2n) is 5.19. The van der Waals surface area contributed by atoms with Crippen molar-refractivity contribution >= 4 is 11.6 Å². The van der Waals surface area contributed by atoms with Gasteiger partial charge in [0.05, 0.1) is 18.2 Å². The Morgan fingerprint density at radius 1 is 1.26 bits per heavy atom. The van der Waals surface area contributed by atoms with Crippen molar-refractivity contribution < 1.29 is 0 Å². The van der Waals surface area contributed by atoms with E-state index in [1.165, 1.54) is 19.3 Å². The fraction of sp³-hybridized carbons (Fsp3) is 0.400. The van der Waals surface area contributed by atoms with Crippen LogP contribution in [-0.4, -0.2) is 16.1 Å². The van der Waals surface area contributed by atoms with Crippen molar-refractivity contribution in [3.8, 4) is 11.3 Å². The second kappa shape index (κ2) is 5.35. The first-order valence-electron chi connectivity index (χ1n) is 6.77. The van der Waals surface area contributed by atoms with Gasteiger partial charge in [0.25, 0.3) is 0 Å². The molecule has 2 unspecified atom stereocenters. The maximum Gasteiger partial charge on any atom is 0.0953 e. The maximum atomic E-state index is 5.95. The fourth-order valence-electron chi connectivity index (χ4n) is 3.07. The first kappa shape index (κ1) is 12.7. The van der Waals surface area contributed by atoms with E-state index in [1.54, 1.807) is 0 Å². The van der Waals surface area contributed by atoms with E-state index < -0.39 is 0 Å². The van der Waals surface area contributed by atoms with Gasteiger partial charge >= 0.3 is 0 Å². The fourth-order valence-corrected chi connectivity index (χ4v) is 3.20. The molecule has 19 heavy (non-hydrogen) atoms. The Balaban J connectivity index is 1.96. The van der Waals surface area contributed by atoms with Crippen LogP contribution >= 0.6 is 11.6 Å². The van der Waals surface area contributed by atoms with Crippen LogP contribution in [0.15, 0.2) is 36.8 Å². The van der Waals surface area contributed by atoms with Crippen molar-refractivity contribution in [3.05, 3.63) is 41.8 Å². The van der Waals surface area contributed by atoms with Gasteiger partial charge in [-0.1, -0.05) is 30.2 Å². The molecule has 1 heterocycles. The maximum absolute atomic E-state index is 5.95. The molecule has 0 aliphatic heterocycles. The molecular weight excluding hydrogens is 258 g/mol. The first-order valence-corrected chi connectivity index (χ1v) is 7.15. The number of benzene rings is 1. The summed E-state index contributed by atoms with van der Waals surface area (Å²) in [5.74, 6) is 0.570. The lowest BCUT2D eigenvalue weighted by Crippen LogP contribution is -2.21. The number of nitrogens with zero attached hydrogens (tertiary/aromatic N) is 2. The van der Waals surface area contributed by atoms with Crippen LogP contribution in [0.25, 0.3) is 11.3 Å². The summed E-state index contributed by atoms with van der Waals surface area (Å²) < 4.78 is 2.29. The van der Waals surface area contributed by atoms with Gasteiger partial charge in [-0.2, -0.15) is 0 Å². The van der Waals surface area contributed by atoms with E-state index in [1.807, 2.05) is 36.8 Å². The SMILES string of the molecule is NCC1CCCC1n1cncc1-c1ccc(Cl)cc1. The molecule has 3 nitrogen and oxygen atoms in total. The summed E-state index contributed by atoms with van der Waals surface area (Å²) in [5, 5.41) is 0.760. The van der Waals surface area contributed by atoms with Gasteiger partial charge in [-0.3, -0.25) is 0 Å². The normalized spacial score (nSPS) is 22.8. The largest absolute Gasteiger partial charge is 0.330 e. The highest BCUT2D eigenvalue weighted by atomic mass is 35.5.